The van der Waals surface area contributed by atoms with E-state index in [1.807, 2.05) is 11.9 Å². The summed E-state index contributed by atoms with van der Waals surface area (Å²) in [6.07, 6.45) is -5.69. The van der Waals surface area contributed by atoms with Crippen LogP contribution in [-0.2, 0) is 6.54 Å². The molecule has 0 saturated carbocycles. The highest BCUT2D eigenvalue weighted by molar-refractivity contribution is 5.95. The van der Waals surface area contributed by atoms with E-state index in [0.717, 1.165) is 11.1 Å². The Morgan fingerprint density at radius 2 is 2.00 bits per heavy atom. The first kappa shape index (κ1) is 31.0. The second-order valence-corrected chi connectivity index (χ2v) is 10.4. The molecule has 8 nitrogen and oxygen atoms in total. The Labute approximate surface area is 242 Å². The summed E-state index contributed by atoms with van der Waals surface area (Å²) in [6, 6.07) is 10.9. The summed E-state index contributed by atoms with van der Waals surface area (Å²) in [6.45, 7) is 1.54. The molecule has 1 aliphatic heterocycles. The number of hydrogen-bond donors (Lipinski definition) is 4. The van der Waals surface area contributed by atoms with Crippen LogP contribution in [0.25, 0.3) is 10.9 Å². The Hall–Kier alpha value is -3.95. The van der Waals surface area contributed by atoms with Gasteiger partial charge in [0.2, 0.25) is 0 Å². The maximum atomic E-state index is 14.7. The Morgan fingerprint density at radius 1 is 1.21 bits per heavy atom. The first-order valence-electron chi connectivity index (χ1n) is 13.6. The van der Waals surface area contributed by atoms with Gasteiger partial charge < -0.3 is 35.3 Å². The average molecular weight is 590 g/mol. The van der Waals surface area contributed by atoms with Crippen molar-refractivity contribution in [2.75, 3.05) is 51.0 Å². The molecule has 12 heteroatoms. The Morgan fingerprint density at radius 3 is 2.69 bits per heavy atom. The van der Waals surface area contributed by atoms with Crippen LogP contribution in [0.4, 0.5) is 28.9 Å². The van der Waals surface area contributed by atoms with Crippen LogP contribution in [-0.4, -0.2) is 85.3 Å². The number of ether oxygens (including phenoxy) is 1. The van der Waals surface area contributed by atoms with Crippen LogP contribution in [0.5, 0.6) is 5.75 Å². The molecule has 1 aliphatic rings. The van der Waals surface area contributed by atoms with Crippen LogP contribution < -0.4 is 20.7 Å². The number of likely N-dealkylation sites (tertiary alicyclic amines) is 1. The minimum absolute atomic E-state index is 0.0850. The number of nitrogens with one attached hydrogen (secondary N) is 3. The molecule has 1 aromatic heterocycles. The Balaban J connectivity index is 1.54. The normalized spacial score (nSPS) is 18.2. The number of amides is 1. The number of benzene rings is 2. The minimum Gasteiger partial charge on any atom is -0.495 e. The number of hydrogen-bond acceptors (Lipinski definition) is 6. The summed E-state index contributed by atoms with van der Waals surface area (Å²) >= 11 is 0. The van der Waals surface area contributed by atoms with Crippen LogP contribution in [0.3, 0.4) is 0 Å². The number of fused-ring (bicyclic) bond motifs is 1. The highest BCUT2D eigenvalue weighted by Gasteiger charge is 2.31. The number of methoxy groups -OCH3 is 1. The van der Waals surface area contributed by atoms with E-state index in [-0.39, 0.29) is 31.2 Å². The monoisotopic (exact) mass is 589 g/mol. The maximum Gasteiger partial charge on any atom is 0.406 e. The van der Waals surface area contributed by atoms with E-state index in [1.165, 1.54) is 13.2 Å². The van der Waals surface area contributed by atoms with Gasteiger partial charge in [-0.3, -0.25) is 4.79 Å². The van der Waals surface area contributed by atoms with E-state index in [9.17, 15) is 27.5 Å². The SMILES string of the molecule is COc1cc(C(=O)NC[C@H](C)O)ccc1NCC#Cc1cc2c(N[C@@H]3CCN(C)C[C@@H]3F)cccc2n1CC(F)(F)F. The topological polar surface area (TPSA) is 90.8 Å². The number of aromatic nitrogens is 1. The number of carbonyl (C=O) groups is 1. The standard InChI is InChI=1S/C30H35F4N5O3/c1-19(40)16-36-29(41)20-9-10-26(28(14-20)42-3)35-12-5-6-21-15-22-24(37-25-11-13-38(2)17-23(25)31)7-4-8-27(22)39(21)18-30(32,33)34/h4,7-10,14-15,19,23,25,35,37,40H,11-13,16-18H2,1-3H3,(H,36,41)/t19-,23-,25+/m0/s1. The van der Waals surface area contributed by atoms with Crippen molar-refractivity contribution in [2.45, 2.75) is 44.4 Å². The summed E-state index contributed by atoms with van der Waals surface area (Å²) < 4.78 is 61.8. The first-order valence-corrected chi connectivity index (χ1v) is 13.6. The van der Waals surface area contributed by atoms with Crippen molar-refractivity contribution in [3.8, 4) is 17.6 Å². The predicted octanol–water partition coefficient (Wildman–Crippen LogP) is 4.24. The van der Waals surface area contributed by atoms with Crippen LogP contribution >= 0.6 is 0 Å². The smallest absolute Gasteiger partial charge is 0.406 e. The first-order chi connectivity index (χ1) is 19.9. The third-order valence-corrected chi connectivity index (χ3v) is 6.97. The third-order valence-electron chi connectivity index (χ3n) is 6.97. The third kappa shape index (κ3) is 7.86. The molecule has 2 aromatic carbocycles. The number of carbonyl (C=O) groups excluding carboxylic acids is 1. The summed E-state index contributed by atoms with van der Waals surface area (Å²) in [4.78, 5) is 14.2. The number of aliphatic hydroxyl groups is 1. The molecule has 4 rings (SSSR count). The van der Waals surface area contributed by atoms with Gasteiger partial charge in [0.05, 0.1) is 42.7 Å². The van der Waals surface area contributed by atoms with E-state index in [0.29, 0.717) is 40.0 Å². The molecule has 2 heterocycles. The highest BCUT2D eigenvalue weighted by Crippen LogP contribution is 2.32. The predicted molar refractivity (Wildman–Crippen MR) is 155 cm³/mol. The molecule has 4 N–H and O–H groups in total. The lowest BCUT2D eigenvalue weighted by atomic mass is 10.0. The van der Waals surface area contributed by atoms with E-state index in [4.69, 9.17) is 4.74 Å². The number of aliphatic hydroxyl groups excluding tert-OH is 1. The lowest BCUT2D eigenvalue weighted by molar-refractivity contribution is -0.140. The zero-order valence-electron chi connectivity index (χ0n) is 23.7. The molecule has 0 aliphatic carbocycles. The van der Waals surface area contributed by atoms with Crippen molar-refractivity contribution < 1.29 is 32.2 Å². The average Bonchev–Trinajstić information content (AvgIpc) is 3.27. The Bertz CT molecular complexity index is 1460. The van der Waals surface area contributed by atoms with E-state index in [2.05, 4.69) is 27.8 Å². The molecule has 3 atom stereocenters. The largest absolute Gasteiger partial charge is 0.495 e. The summed E-state index contributed by atoms with van der Waals surface area (Å²) in [7, 11) is 3.30. The van der Waals surface area contributed by atoms with Crippen molar-refractivity contribution in [1.29, 1.82) is 0 Å². The van der Waals surface area contributed by atoms with E-state index in [1.54, 1.807) is 43.3 Å². The molecule has 3 aromatic rings. The molecule has 1 saturated heterocycles. The summed E-state index contributed by atoms with van der Waals surface area (Å²) in [5.74, 6) is 5.73. The van der Waals surface area contributed by atoms with Gasteiger partial charge in [-0.1, -0.05) is 12.0 Å². The fourth-order valence-electron chi connectivity index (χ4n) is 4.88. The number of rotatable bonds is 9. The van der Waals surface area contributed by atoms with Crippen molar-refractivity contribution in [1.82, 2.24) is 14.8 Å². The number of nitrogens with zero attached hydrogens (tertiary/aromatic N) is 2. The Kier molecular flexibility index (Phi) is 9.85. The van der Waals surface area contributed by atoms with Gasteiger partial charge in [0.25, 0.3) is 5.91 Å². The van der Waals surface area contributed by atoms with Crippen LogP contribution in [0.1, 0.15) is 29.4 Å². The summed E-state index contributed by atoms with van der Waals surface area (Å²) in [5.41, 5.74) is 1.97. The van der Waals surface area contributed by atoms with Gasteiger partial charge in [-0.25, -0.2) is 4.39 Å². The fraction of sp³-hybridized carbons (Fsp3) is 0.433. The molecule has 0 bridgehead atoms. The maximum absolute atomic E-state index is 14.7. The number of halogens is 4. The van der Waals surface area contributed by atoms with Gasteiger partial charge in [0, 0.05) is 36.3 Å². The lowest BCUT2D eigenvalue weighted by Crippen LogP contribution is -2.46. The van der Waals surface area contributed by atoms with Crippen molar-refractivity contribution in [3.63, 3.8) is 0 Å². The quantitative estimate of drug-likeness (QED) is 0.221. The second kappa shape index (κ2) is 13.4. The van der Waals surface area contributed by atoms with E-state index >= 15 is 0 Å². The molecule has 0 radical (unpaired) electrons. The molecular weight excluding hydrogens is 554 g/mol. The highest BCUT2D eigenvalue weighted by atomic mass is 19.4. The van der Waals surface area contributed by atoms with Crippen molar-refractivity contribution >= 4 is 28.2 Å². The van der Waals surface area contributed by atoms with Crippen molar-refractivity contribution in [3.05, 3.63) is 53.7 Å². The van der Waals surface area contributed by atoms with Crippen LogP contribution in [0.15, 0.2) is 42.5 Å². The van der Waals surface area contributed by atoms with Gasteiger partial charge in [-0.05, 0) is 62.7 Å². The number of piperidine rings is 1. The summed E-state index contributed by atoms with van der Waals surface area (Å²) in [5, 5.41) is 18.8. The van der Waals surface area contributed by atoms with Crippen LogP contribution in [0, 0.1) is 11.8 Å². The van der Waals surface area contributed by atoms with Gasteiger partial charge in [0.15, 0.2) is 0 Å². The van der Waals surface area contributed by atoms with Gasteiger partial charge in [0.1, 0.15) is 18.5 Å². The molecular formula is C30H35F4N5O3. The molecule has 1 amide bonds. The minimum atomic E-state index is -4.47. The molecule has 0 spiro atoms. The molecule has 42 heavy (non-hydrogen) atoms. The second-order valence-electron chi connectivity index (χ2n) is 10.4. The van der Waals surface area contributed by atoms with Crippen molar-refractivity contribution in [2.24, 2.45) is 0 Å². The zero-order valence-corrected chi connectivity index (χ0v) is 23.7. The zero-order chi connectivity index (χ0) is 30.4. The molecule has 226 valence electrons. The van der Waals surface area contributed by atoms with Gasteiger partial charge in [-0.2, -0.15) is 13.2 Å². The molecule has 0 unspecified atom stereocenters. The fourth-order valence-corrected chi connectivity index (χ4v) is 4.88. The van der Waals surface area contributed by atoms with Gasteiger partial charge in [-0.15, -0.1) is 0 Å². The lowest BCUT2D eigenvalue weighted by Gasteiger charge is -2.33. The van der Waals surface area contributed by atoms with Crippen LogP contribution in [0.2, 0.25) is 0 Å². The molecule has 1 fully saturated rings. The van der Waals surface area contributed by atoms with Gasteiger partial charge >= 0.3 is 6.18 Å². The number of alkyl halides is 4. The van der Waals surface area contributed by atoms with E-state index < -0.39 is 31.0 Å². The number of anilines is 2.